The molecule has 0 radical (unpaired) electrons. The molecule has 1 aromatic heterocycles. The first-order chi connectivity index (χ1) is 12.4. The van der Waals surface area contributed by atoms with Gasteiger partial charge in [0.25, 0.3) is 0 Å². The van der Waals surface area contributed by atoms with Crippen LogP contribution >= 0.6 is 0 Å². The second kappa shape index (κ2) is 7.52. The summed E-state index contributed by atoms with van der Waals surface area (Å²) in [6, 6.07) is 18.2. The lowest BCUT2D eigenvalue weighted by Crippen LogP contribution is -2.27. The highest BCUT2D eigenvalue weighted by molar-refractivity contribution is 5.61. The molecular weight excluding hydrogens is 327 g/mol. The molecule has 4 nitrogen and oxygen atoms in total. The Balaban J connectivity index is 1.87. The van der Waals surface area contributed by atoms with Crippen LogP contribution in [0.2, 0.25) is 0 Å². The van der Waals surface area contributed by atoms with E-state index < -0.39 is 0 Å². The molecular formula is C21H23FN4. The molecule has 26 heavy (non-hydrogen) atoms. The van der Waals surface area contributed by atoms with Crippen LogP contribution in [0.15, 0.2) is 60.7 Å². The summed E-state index contributed by atoms with van der Waals surface area (Å²) < 4.78 is 13.1. The SMILES string of the molecule is CC(C)(C)Nc1cc(NCc2ccc(F)cc2)nc(-c2ccccc2)n1. The summed E-state index contributed by atoms with van der Waals surface area (Å²) in [5, 5.41) is 6.70. The molecule has 0 spiro atoms. The zero-order valence-corrected chi connectivity index (χ0v) is 15.3. The van der Waals surface area contributed by atoms with Crippen molar-refractivity contribution in [3.63, 3.8) is 0 Å². The zero-order valence-electron chi connectivity index (χ0n) is 15.3. The van der Waals surface area contributed by atoms with Crippen LogP contribution in [-0.4, -0.2) is 15.5 Å². The molecule has 3 rings (SSSR count). The molecule has 3 aromatic rings. The summed E-state index contributed by atoms with van der Waals surface area (Å²) in [4.78, 5) is 9.27. The van der Waals surface area contributed by atoms with Gasteiger partial charge in [0.2, 0.25) is 0 Å². The maximum atomic E-state index is 13.1. The number of rotatable bonds is 5. The van der Waals surface area contributed by atoms with E-state index in [1.54, 1.807) is 12.1 Å². The molecule has 0 aliphatic rings. The van der Waals surface area contributed by atoms with Gasteiger partial charge < -0.3 is 10.6 Å². The topological polar surface area (TPSA) is 49.8 Å². The number of hydrogen-bond donors (Lipinski definition) is 2. The van der Waals surface area contributed by atoms with Crippen molar-refractivity contribution in [2.24, 2.45) is 0 Å². The summed E-state index contributed by atoms with van der Waals surface area (Å²) in [6.07, 6.45) is 0. The van der Waals surface area contributed by atoms with E-state index in [0.717, 1.165) is 22.8 Å². The number of aromatic nitrogens is 2. The number of benzene rings is 2. The fourth-order valence-electron chi connectivity index (χ4n) is 2.50. The van der Waals surface area contributed by atoms with Gasteiger partial charge in [-0.1, -0.05) is 42.5 Å². The second-order valence-corrected chi connectivity index (χ2v) is 7.18. The van der Waals surface area contributed by atoms with Crippen LogP contribution in [0.25, 0.3) is 11.4 Å². The highest BCUT2D eigenvalue weighted by Gasteiger charge is 2.13. The molecule has 0 saturated heterocycles. The summed E-state index contributed by atoms with van der Waals surface area (Å²) in [6.45, 7) is 6.81. The van der Waals surface area contributed by atoms with Gasteiger partial charge in [0.1, 0.15) is 17.5 Å². The fourth-order valence-corrected chi connectivity index (χ4v) is 2.50. The van der Waals surface area contributed by atoms with E-state index in [2.05, 4.69) is 41.4 Å². The Kier molecular flexibility index (Phi) is 5.16. The van der Waals surface area contributed by atoms with Crippen molar-refractivity contribution >= 4 is 11.6 Å². The van der Waals surface area contributed by atoms with Crippen molar-refractivity contribution in [2.75, 3.05) is 10.6 Å². The Morgan fingerprint density at radius 2 is 1.54 bits per heavy atom. The molecule has 0 unspecified atom stereocenters. The fraction of sp³-hybridized carbons (Fsp3) is 0.238. The van der Waals surface area contributed by atoms with Crippen LogP contribution in [0.5, 0.6) is 0 Å². The average molecular weight is 350 g/mol. The van der Waals surface area contributed by atoms with Crippen LogP contribution in [0.1, 0.15) is 26.3 Å². The molecule has 0 saturated carbocycles. The molecule has 0 atom stereocenters. The van der Waals surface area contributed by atoms with Crippen LogP contribution in [0.3, 0.4) is 0 Å². The normalized spacial score (nSPS) is 11.2. The second-order valence-electron chi connectivity index (χ2n) is 7.18. The van der Waals surface area contributed by atoms with Crippen molar-refractivity contribution in [2.45, 2.75) is 32.9 Å². The van der Waals surface area contributed by atoms with Gasteiger partial charge >= 0.3 is 0 Å². The van der Waals surface area contributed by atoms with Crippen molar-refractivity contribution in [1.82, 2.24) is 9.97 Å². The maximum Gasteiger partial charge on any atom is 0.163 e. The standard InChI is InChI=1S/C21H23FN4/c1-21(2,3)26-19-13-18(23-14-15-9-11-17(22)12-10-15)24-20(25-19)16-7-5-4-6-8-16/h4-13H,14H2,1-3H3,(H2,23,24,25,26). The molecule has 0 bridgehead atoms. The van der Waals surface area contributed by atoms with E-state index in [9.17, 15) is 4.39 Å². The lowest BCUT2D eigenvalue weighted by molar-refractivity contribution is 0.627. The Hall–Kier alpha value is -2.95. The first kappa shape index (κ1) is 17.9. The number of nitrogens with one attached hydrogen (secondary N) is 2. The van der Waals surface area contributed by atoms with E-state index in [1.807, 2.05) is 36.4 Å². The van der Waals surface area contributed by atoms with Crippen molar-refractivity contribution in [3.8, 4) is 11.4 Å². The number of anilines is 2. The zero-order chi connectivity index (χ0) is 18.6. The van der Waals surface area contributed by atoms with E-state index in [4.69, 9.17) is 0 Å². The Labute approximate surface area is 153 Å². The van der Waals surface area contributed by atoms with Gasteiger partial charge in [0.05, 0.1) is 0 Å². The monoisotopic (exact) mass is 350 g/mol. The van der Waals surface area contributed by atoms with Gasteiger partial charge in [-0.25, -0.2) is 14.4 Å². The van der Waals surface area contributed by atoms with Crippen LogP contribution < -0.4 is 10.6 Å². The molecule has 0 aliphatic carbocycles. The Morgan fingerprint density at radius 1 is 0.885 bits per heavy atom. The lowest BCUT2D eigenvalue weighted by Gasteiger charge is -2.22. The highest BCUT2D eigenvalue weighted by atomic mass is 19.1. The lowest BCUT2D eigenvalue weighted by atomic mass is 10.1. The summed E-state index contributed by atoms with van der Waals surface area (Å²) in [7, 11) is 0. The van der Waals surface area contributed by atoms with Crippen molar-refractivity contribution in [3.05, 3.63) is 72.0 Å². The quantitative estimate of drug-likeness (QED) is 0.672. The largest absolute Gasteiger partial charge is 0.366 e. The average Bonchev–Trinajstić information content (AvgIpc) is 2.60. The Morgan fingerprint density at radius 3 is 2.19 bits per heavy atom. The first-order valence-corrected chi connectivity index (χ1v) is 8.60. The number of halogens is 1. The van der Waals surface area contributed by atoms with Gasteiger partial charge in [0.15, 0.2) is 5.82 Å². The molecule has 5 heteroatoms. The first-order valence-electron chi connectivity index (χ1n) is 8.60. The minimum Gasteiger partial charge on any atom is -0.366 e. The predicted octanol–water partition coefficient (Wildman–Crippen LogP) is 5.11. The van der Waals surface area contributed by atoms with Gasteiger partial charge in [-0.2, -0.15) is 0 Å². The molecule has 134 valence electrons. The van der Waals surface area contributed by atoms with Crippen LogP contribution in [-0.2, 0) is 6.54 Å². The summed E-state index contributed by atoms with van der Waals surface area (Å²) in [5.41, 5.74) is 1.82. The number of hydrogen-bond acceptors (Lipinski definition) is 4. The maximum absolute atomic E-state index is 13.1. The van der Waals surface area contributed by atoms with Crippen molar-refractivity contribution < 1.29 is 4.39 Å². The van der Waals surface area contributed by atoms with Gasteiger partial charge in [-0.15, -0.1) is 0 Å². The predicted molar refractivity (Wildman–Crippen MR) is 105 cm³/mol. The van der Waals surface area contributed by atoms with Crippen LogP contribution in [0.4, 0.5) is 16.0 Å². The van der Waals surface area contributed by atoms with Crippen LogP contribution in [0, 0.1) is 5.82 Å². The third-order valence-corrected chi connectivity index (χ3v) is 3.65. The smallest absolute Gasteiger partial charge is 0.163 e. The summed E-state index contributed by atoms with van der Waals surface area (Å²) in [5.74, 6) is 1.89. The van der Waals surface area contributed by atoms with Gasteiger partial charge in [-0.05, 0) is 38.5 Å². The minimum absolute atomic E-state index is 0.115. The third kappa shape index (κ3) is 5.02. The van der Waals surface area contributed by atoms with Gasteiger partial charge in [0, 0.05) is 23.7 Å². The van der Waals surface area contributed by atoms with E-state index >= 15 is 0 Å². The van der Waals surface area contributed by atoms with E-state index in [0.29, 0.717) is 12.4 Å². The minimum atomic E-state index is -0.237. The third-order valence-electron chi connectivity index (χ3n) is 3.65. The van der Waals surface area contributed by atoms with Crippen molar-refractivity contribution in [1.29, 1.82) is 0 Å². The van der Waals surface area contributed by atoms with Gasteiger partial charge in [-0.3, -0.25) is 0 Å². The number of nitrogens with zero attached hydrogens (tertiary/aromatic N) is 2. The Bertz CT molecular complexity index is 855. The van der Waals surface area contributed by atoms with E-state index in [-0.39, 0.29) is 11.4 Å². The molecule has 0 fully saturated rings. The molecule has 2 N–H and O–H groups in total. The van der Waals surface area contributed by atoms with E-state index in [1.165, 1.54) is 12.1 Å². The molecule has 0 aliphatic heterocycles. The summed E-state index contributed by atoms with van der Waals surface area (Å²) >= 11 is 0. The molecule has 2 aromatic carbocycles. The highest BCUT2D eigenvalue weighted by Crippen LogP contribution is 2.22. The molecule has 1 heterocycles. The molecule has 0 amide bonds.